The van der Waals surface area contributed by atoms with Crippen molar-refractivity contribution in [3.8, 4) is 5.75 Å². The molecule has 8 heteroatoms. The summed E-state index contributed by atoms with van der Waals surface area (Å²) in [5.41, 5.74) is 1.44. The first-order valence-electron chi connectivity index (χ1n) is 7.56. The molecule has 0 atom stereocenters. The van der Waals surface area contributed by atoms with Crippen LogP contribution < -0.4 is 15.4 Å². The number of ether oxygens (including phenoxy) is 1. The van der Waals surface area contributed by atoms with Crippen LogP contribution in [0.1, 0.15) is 10.5 Å². The first kappa shape index (κ1) is 18.0. The summed E-state index contributed by atoms with van der Waals surface area (Å²) >= 11 is 11.9. The summed E-state index contributed by atoms with van der Waals surface area (Å²) in [7, 11) is 1.61. The Bertz CT molecular complexity index is 915. The van der Waals surface area contributed by atoms with Crippen molar-refractivity contribution in [2.45, 2.75) is 0 Å². The highest BCUT2D eigenvalue weighted by Crippen LogP contribution is 2.25. The molecule has 1 heterocycles. The quantitative estimate of drug-likeness (QED) is 0.656. The monoisotopic (exact) mass is 388 g/mol. The van der Waals surface area contributed by atoms with Crippen LogP contribution in [0.3, 0.4) is 0 Å². The Kier molecular flexibility index (Phi) is 5.55. The molecule has 3 aromatic rings. The van der Waals surface area contributed by atoms with E-state index in [4.69, 9.17) is 27.9 Å². The van der Waals surface area contributed by atoms with Crippen molar-refractivity contribution >= 4 is 46.3 Å². The summed E-state index contributed by atoms with van der Waals surface area (Å²) in [5.74, 6) is 0.850. The molecule has 0 radical (unpaired) electrons. The van der Waals surface area contributed by atoms with E-state index >= 15 is 0 Å². The van der Waals surface area contributed by atoms with E-state index < -0.39 is 5.91 Å². The van der Waals surface area contributed by atoms with Crippen LogP contribution >= 0.6 is 23.2 Å². The molecule has 1 amide bonds. The molecule has 0 spiro atoms. The van der Waals surface area contributed by atoms with Gasteiger partial charge >= 0.3 is 0 Å². The van der Waals surface area contributed by atoms with Crippen molar-refractivity contribution in [1.82, 2.24) is 10.2 Å². The Morgan fingerprint density at radius 2 is 1.77 bits per heavy atom. The third kappa shape index (κ3) is 4.41. The number of halogens is 2. The van der Waals surface area contributed by atoms with Crippen molar-refractivity contribution in [3.63, 3.8) is 0 Å². The number of methoxy groups -OCH3 is 1. The molecule has 3 rings (SSSR count). The van der Waals surface area contributed by atoms with Gasteiger partial charge in [-0.05, 0) is 54.6 Å². The highest BCUT2D eigenvalue weighted by Gasteiger charge is 2.11. The van der Waals surface area contributed by atoms with E-state index in [1.54, 1.807) is 37.4 Å². The van der Waals surface area contributed by atoms with Crippen LogP contribution in [0.4, 0.5) is 17.2 Å². The predicted molar refractivity (Wildman–Crippen MR) is 103 cm³/mol. The Hall–Kier alpha value is -2.83. The number of aromatic nitrogens is 2. The number of amides is 1. The zero-order valence-electron chi connectivity index (χ0n) is 13.7. The maximum absolute atomic E-state index is 12.3. The molecule has 0 saturated carbocycles. The summed E-state index contributed by atoms with van der Waals surface area (Å²) in [6, 6.07) is 15.4. The van der Waals surface area contributed by atoms with Crippen molar-refractivity contribution in [3.05, 3.63) is 70.3 Å². The van der Waals surface area contributed by atoms with Crippen molar-refractivity contribution in [1.29, 1.82) is 0 Å². The smallest absolute Gasteiger partial charge is 0.276 e. The number of nitrogens with one attached hydrogen (secondary N) is 2. The van der Waals surface area contributed by atoms with E-state index in [1.165, 1.54) is 0 Å². The van der Waals surface area contributed by atoms with Gasteiger partial charge in [0.15, 0.2) is 11.5 Å². The lowest BCUT2D eigenvalue weighted by Gasteiger charge is -2.08. The molecule has 132 valence electrons. The van der Waals surface area contributed by atoms with Gasteiger partial charge in [-0.2, -0.15) is 0 Å². The third-order valence-corrected chi connectivity index (χ3v) is 3.99. The van der Waals surface area contributed by atoms with Gasteiger partial charge in [0.1, 0.15) is 5.75 Å². The summed E-state index contributed by atoms with van der Waals surface area (Å²) in [6.45, 7) is 0. The average molecular weight is 389 g/mol. The number of benzene rings is 2. The molecular formula is C18H14Cl2N4O2. The Morgan fingerprint density at radius 1 is 1.00 bits per heavy atom. The van der Waals surface area contributed by atoms with Gasteiger partial charge in [-0.1, -0.05) is 23.2 Å². The van der Waals surface area contributed by atoms with Crippen molar-refractivity contribution in [2.24, 2.45) is 0 Å². The molecule has 0 aliphatic rings. The molecule has 0 saturated heterocycles. The van der Waals surface area contributed by atoms with Gasteiger partial charge in [0.05, 0.1) is 17.8 Å². The summed E-state index contributed by atoms with van der Waals surface area (Å²) in [4.78, 5) is 12.3. The third-order valence-electron chi connectivity index (χ3n) is 3.44. The highest BCUT2D eigenvalue weighted by atomic mass is 35.5. The van der Waals surface area contributed by atoms with E-state index in [2.05, 4.69) is 20.8 Å². The molecule has 6 nitrogen and oxygen atoms in total. The van der Waals surface area contributed by atoms with Crippen LogP contribution in [0.2, 0.25) is 10.0 Å². The molecule has 2 N–H and O–H groups in total. The van der Waals surface area contributed by atoms with Gasteiger partial charge in [-0.25, -0.2) is 0 Å². The average Bonchev–Trinajstić information content (AvgIpc) is 2.65. The van der Waals surface area contributed by atoms with E-state index in [-0.39, 0.29) is 5.69 Å². The van der Waals surface area contributed by atoms with Gasteiger partial charge < -0.3 is 15.4 Å². The molecule has 0 unspecified atom stereocenters. The van der Waals surface area contributed by atoms with Crippen LogP contribution in [-0.2, 0) is 0 Å². The molecule has 0 fully saturated rings. The van der Waals surface area contributed by atoms with Crippen LogP contribution in [0.15, 0.2) is 54.6 Å². The predicted octanol–water partition coefficient (Wildman–Crippen LogP) is 4.79. The number of hydrogen-bond acceptors (Lipinski definition) is 5. The Balaban J connectivity index is 1.67. The van der Waals surface area contributed by atoms with E-state index in [9.17, 15) is 4.79 Å². The normalized spacial score (nSPS) is 10.3. The fraction of sp³-hybridized carbons (Fsp3) is 0.0556. The van der Waals surface area contributed by atoms with Crippen LogP contribution in [0.25, 0.3) is 0 Å². The minimum atomic E-state index is -0.419. The van der Waals surface area contributed by atoms with Crippen LogP contribution in [-0.4, -0.2) is 23.2 Å². The molecule has 26 heavy (non-hydrogen) atoms. The largest absolute Gasteiger partial charge is 0.497 e. The van der Waals surface area contributed by atoms with E-state index in [0.29, 0.717) is 21.6 Å². The summed E-state index contributed by atoms with van der Waals surface area (Å²) < 4.78 is 5.11. The topological polar surface area (TPSA) is 76.1 Å². The second-order valence-corrected chi connectivity index (χ2v) is 6.08. The zero-order valence-corrected chi connectivity index (χ0v) is 15.2. The SMILES string of the molecule is COc1ccc(Nc2ccc(C(=O)Nc3ccc(Cl)cc3Cl)nn2)cc1. The first-order chi connectivity index (χ1) is 12.5. The minimum absolute atomic E-state index is 0.163. The van der Waals surface area contributed by atoms with E-state index in [1.807, 2.05) is 24.3 Å². The van der Waals surface area contributed by atoms with E-state index in [0.717, 1.165) is 11.4 Å². The maximum atomic E-state index is 12.3. The standard InChI is InChI=1S/C18H14Cl2N4O2/c1-26-13-5-3-12(4-6-13)21-17-9-8-16(23-24-17)18(25)22-15-7-2-11(19)10-14(15)20/h2-10H,1H3,(H,21,24)(H,22,25). The number of rotatable bonds is 5. The Labute approximate surface area is 160 Å². The molecule has 0 aliphatic carbocycles. The zero-order chi connectivity index (χ0) is 18.5. The Morgan fingerprint density at radius 3 is 2.38 bits per heavy atom. The van der Waals surface area contributed by atoms with Crippen molar-refractivity contribution in [2.75, 3.05) is 17.7 Å². The van der Waals surface area contributed by atoms with Gasteiger partial charge in [0.25, 0.3) is 5.91 Å². The molecule has 2 aromatic carbocycles. The second-order valence-electron chi connectivity index (χ2n) is 5.24. The van der Waals surface area contributed by atoms with Crippen LogP contribution in [0.5, 0.6) is 5.75 Å². The second kappa shape index (κ2) is 8.03. The molecule has 0 aliphatic heterocycles. The number of hydrogen-bond donors (Lipinski definition) is 2. The van der Waals surface area contributed by atoms with Gasteiger partial charge in [-0.15, -0.1) is 10.2 Å². The first-order valence-corrected chi connectivity index (χ1v) is 8.32. The summed E-state index contributed by atoms with van der Waals surface area (Å²) in [5, 5.41) is 14.5. The van der Waals surface area contributed by atoms with Gasteiger partial charge in [-0.3, -0.25) is 4.79 Å². The minimum Gasteiger partial charge on any atom is -0.497 e. The lowest BCUT2D eigenvalue weighted by molar-refractivity contribution is 0.102. The fourth-order valence-electron chi connectivity index (χ4n) is 2.12. The van der Waals surface area contributed by atoms with Crippen LogP contribution in [0, 0.1) is 0 Å². The number of nitrogens with zero attached hydrogens (tertiary/aromatic N) is 2. The number of carbonyl (C=O) groups is 1. The van der Waals surface area contributed by atoms with Gasteiger partial charge in [0.2, 0.25) is 0 Å². The van der Waals surface area contributed by atoms with Crippen molar-refractivity contribution < 1.29 is 9.53 Å². The number of carbonyl (C=O) groups excluding carboxylic acids is 1. The lowest BCUT2D eigenvalue weighted by Crippen LogP contribution is -2.14. The number of anilines is 3. The maximum Gasteiger partial charge on any atom is 0.276 e. The van der Waals surface area contributed by atoms with Gasteiger partial charge in [0, 0.05) is 10.7 Å². The highest BCUT2D eigenvalue weighted by molar-refractivity contribution is 6.36. The molecule has 1 aromatic heterocycles. The fourth-order valence-corrected chi connectivity index (χ4v) is 2.58. The lowest BCUT2D eigenvalue weighted by atomic mass is 10.3. The summed E-state index contributed by atoms with van der Waals surface area (Å²) in [6.07, 6.45) is 0. The molecule has 0 bridgehead atoms. The molecular weight excluding hydrogens is 375 g/mol.